The van der Waals surface area contributed by atoms with Crippen LogP contribution in [0.2, 0.25) is 5.02 Å². The highest BCUT2D eigenvalue weighted by molar-refractivity contribution is 7.99. The van der Waals surface area contributed by atoms with Gasteiger partial charge in [0, 0.05) is 29.2 Å². The fourth-order valence-electron chi connectivity index (χ4n) is 2.79. The van der Waals surface area contributed by atoms with Crippen LogP contribution < -0.4 is 0 Å². The van der Waals surface area contributed by atoms with Crippen LogP contribution in [0.1, 0.15) is 51.0 Å². The maximum atomic E-state index is 5.98. The molecule has 132 valence electrons. The molecule has 0 saturated heterocycles. The third kappa shape index (κ3) is 7.76. The zero-order valence-electron chi connectivity index (χ0n) is 14.7. The van der Waals surface area contributed by atoms with Crippen molar-refractivity contribution in [2.24, 2.45) is 0 Å². The molecule has 0 aliphatic heterocycles. The van der Waals surface area contributed by atoms with Crippen LogP contribution in [0.15, 0.2) is 43.0 Å². The van der Waals surface area contributed by atoms with E-state index >= 15 is 0 Å². The smallest absolute Gasteiger partial charge is 0.0946 e. The van der Waals surface area contributed by atoms with Crippen molar-refractivity contribution in [3.8, 4) is 0 Å². The molecule has 1 aromatic heterocycles. The fraction of sp³-hybridized carbons (Fsp3) is 0.550. The first-order chi connectivity index (χ1) is 11.8. The summed E-state index contributed by atoms with van der Waals surface area (Å²) in [6.07, 6.45) is 15.0. The maximum Gasteiger partial charge on any atom is 0.0946 e. The quantitative estimate of drug-likeness (QED) is 0.415. The molecule has 1 unspecified atom stereocenters. The normalized spacial score (nSPS) is 12.4. The van der Waals surface area contributed by atoms with Crippen LogP contribution in [0.4, 0.5) is 0 Å². The molecule has 0 amide bonds. The lowest BCUT2D eigenvalue weighted by Crippen LogP contribution is -2.14. The molecular formula is C20H29ClN2S. The summed E-state index contributed by atoms with van der Waals surface area (Å²) in [4.78, 5) is 4.17. The summed E-state index contributed by atoms with van der Waals surface area (Å²) in [5.41, 5.74) is 1.37. The summed E-state index contributed by atoms with van der Waals surface area (Å²) in [6.45, 7) is 3.32. The molecule has 0 aliphatic rings. The first kappa shape index (κ1) is 19.4. The van der Waals surface area contributed by atoms with E-state index in [4.69, 9.17) is 11.6 Å². The van der Waals surface area contributed by atoms with Gasteiger partial charge in [-0.05, 0) is 42.7 Å². The summed E-state index contributed by atoms with van der Waals surface area (Å²) in [7, 11) is 0. The van der Waals surface area contributed by atoms with Crippen LogP contribution in [-0.2, 0) is 13.0 Å². The molecule has 0 saturated carbocycles. The zero-order valence-corrected chi connectivity index (χ0v) is 16.2. The Labute approximate surface area is 156 Å². The molecule has 0 aliphatic carbocycles. The van der Waals surface area contributed by atoms with Crippen LogP contribution >= 0.6 is 23.4 Å². The third-order valence-electron chi connectivity index (χ3n) is 4.24. The third-order valence-corrected chi connectivity index (χ3v) is 5.88. The molecule has 4 heteroatoms. The van der Waals surface area contributed by atoms with Gasteiger partial charge in [0.25, 0.3) is 0 Å². The number of aromatic nitrogens is 2. The van der Waals surface area contributed by atoms with E-state index < -0.39 is 0 Å². The summed E-state index contributed by atoms with van der Waals surface area (Å²) in [6, 6.07) is 8.27. The van der Waals surface area contributed by atoms with E-state index in [-0.39, 0.29) is 0 Å². The molecule has 0 fully saturated rings. The Morgan fingerprint density at radius 2 is 1.92 bits per heavy atom. The highest BCUT2D eigenvalue weighted by Gasteiger charge is 2.10. The number of hydrogen-bond acceptors (Lipinski definition) is 2. The summed E-state index contributed by atoms with van der Waals surface area (Å²) >= 11 is 8.10. The van der Waals surface area contributed by atoms with Gasteiger partial charge in [0.05, 0.1) is 6.33 Å². The largest absolute Gasteiger partial charge is 0.336 e. The molecule has 1 heterocycles. The first-order valence-electron chi connectivity index (χ1n) is 9.09. The molecule has 0 N–H and O–H groups in total. The van der Waals surface area contributed by atoms with E-state index in [1.165, 1.54) is 49.8 Å². The molecular weight excluding hydrogens is 336 g/mol. The summed E-state index contributed by atoms with van der Waals surface area (Å²) < 4.78 is 2.20. The van der Waals surface area contributed by atoms with Crippen molar-refractivity contribution < 1.29 is 0 Å². The molecule has 0 spiro atoms. The lowest BCUT2D eigenvalue weighted by molar-refractivity contribution is 0.621. The van der Waals surface area contributed by atoms with Crippen molar-refractivity contribution in [2.45, 2.75) is 63.7 Å². The average Bonchev–Trinajstić information content (AvgIpc) is 3.10. The van der Waals surface area contributed by atoms with Crippen LogP contribution in [0.3, 0.4) is 0 Å². The van der Waals surface area contributed by atoms with Crippen molar-refractivity contribution in [1.82, 2.24) is 9.55 Å². The summed E-state index contributed by atoms with van der Waals surface area (Å²) in [5.74, 6) is 1.27. The van der Waals surface area contributed by atoms with Gasteiger partial charge in [-0.2, -0.15) is 11.8 Å². The predicted molar refractivity (Wildman–Crippen MR) is 107 cm³/mol. The van der Waals surface area contributed by atoms with Gasteiger partial charge in [-0.3, -0.25) is 0 Å². The molecule has 1 aromatic carbocycles. The molecule has 0 bridgehead atoms. The van der Waals surface area contributed by atoms with E-state index in [1.807, 2.05) is 24.7 Å². The van der Waals surface area contributed by atoms with E-state index in [0.717, 1.165) is 18.0 Å². The number of rotatable bonds is 12. The molecule has 2 aromatic rings. The Morgan fingerprint density at radius 1 is 1.12 bits per heavy atom. The van der Waals surface area contributed by atoms with Gasteiger partial charge in [-0.25, -0.2) is 4.98 Å². The molecule has 24 heavy (non-hydrogen) atoms. The number of hydrogen-bond donors (Lipinski definition) is 0. The highest BCUT2D eigenvalue weighted by atomic mass is 35.5. The number of unbranched alkanes of at least 4 members (excludes halogenated alkanes) is 4. The van der Waals surface area contributed by atoms with Crippen molar-refractivity contribution in [3.63, 3.8) is 0 Å². The van der Waals surface area contributed by atoms with Gasteiger partial charge >= 0.3 is 0 Å². The number of thioether (sulfide) groups is 1. The van der Waals surface area contributed by atoms with Gasteiger partial charge in [-0.15, -0.1) is 0 Å². The predicted octanol–water partition coefficient (Wildman–Crippen LogP) is 6.24. The Morgan fingerprint density at radius 3 is 2.62 bits per heavy atom. The second kappa shape index (κ2) is 11.6. The van der Waals surface area contributed by atoms with Crippen molar-refractivity contribution in [2.75, 3.05) is 5.75 Å². The van der Waals surface area contributed by atoms with Gasteiger partial charge in [0.15, 0.2) is 0 Å². The van der Waals surface area contributed by atoms with Gasteiger partial charge in [-0.1, -0.05) is 56.3 Å². The number of nitrogens with zero attached hydrogens (tertiary/aromatic N) is 2. The van der Waals surface area contributed by atoms with Crippen LogP contribution in [0.25, 0.3) is 0 Å². The molecule has 0 radical (unpaired) electrons. The Balaban J connectivity index is 1.77. The van der Waals surface area contributed by atoms with Gasteiger partial charge in [0.2, 0.25) is 0 Å². The van der Waals surface area contributed by atoms with Gasteiger partial charge in [0.1, 0.15) is 0 Å². The average molecular weight is 365 g/mol. The second-order valence-electron chi connectivity index (χ2n) is 6.33. The van der Waals surface area contributed by atoms with Crippen molar-refractivity contribution in [3.05, 3.63) is 53.6 Å². The maximum absolute atomic E-state index is 5.98. The minimum atomic E-state index is 0.640. The second-order valence-corrected chi connectivity index (χ2v) is 8.18. The zero-order chi connectivity index (χ0) is 17.0. The van der Waals surface area contributed by atoms with Crippen molar-refractivity contribution in [1.29, 1.82) is 0 Å². The number of benzene rings is 1. The van der Waals surface area contributed by atoms with Crippen LogP contribution in [0.5, 0.6) is 0 Å². The van der Waals surface area contributed by atoms with Gasteiger partial charge < -0.3 is 4.57 Å². The lowest BCUT2D eigenvalue weighted by atomic mass is 10.1. The minimum Gasteiger partial charge on any atom is -0.336 e. The van der Waals surface area contributed by atoms with E-state index in [9.17, 15) is 0 Å². The monoisotopic (exact) mass is 364 g/mol. The molecule has 2 nitrogen and oxygen atoms in total. The fourth-order valence-corrected chi connectivity index (χ4v) is 4.18. The molecule has 1 atom stereocenters. The first-order valence-corrected chi connectivity index (χ1v) is 10.5. The number of aryl methyl sites for hydroxylation is 1. The van der Waals surface area contributed by atoms with E-state index in [1.54, 1.807) is 0 Å². The lowest BCUT2D eigenvalue weighted by Gasteiger charge is -2.17. The van der Waals surface area contributed by atoms with Crippen LogP contribution in [0, 0.1) is 0 Å². The van der Waals surface area contributed by atoms with E-state index in [2.05, 4.69) is 46.6 Å². The van der Waals surface area contributed by atoms with Crippen molar-refractivity contribution >= 4 is 23.4 Å². The number of imidazole rings is 1. The Bertz CT molecular complexity index is 539. The highest BCUT2D eigenvalue weighted by Crippen LogP contribution is 2.22. The van der Waals surface area contributed by atoms with E-state index in [0.29, 0.717) is 5.25 Å². The summed E-state index contributed by atoms with van der Waals surface area (Å²) in [5, 5.41) is 1.45. The minimum absolute atomic E-state index is 0.640. The Kier molecular flexibility index (Phi) is 9.37. The topological polar surface area (TPSA) is 17.8 Å². The number of halogens is 1. The standard InChI is InChI=1S/C20H29ClN2S/c1-2-3-4-5-6-15-24-20(16-23-14-13-22-17-23)12-9-18-7-10-19(21)11-8-18/h7-8,10-11,13-14,17,20H,2-6,9,12,15-16H2,1H3. The van der Waals surface area contributed by atoms with Crippen LogP contribution in [-0.4, -0.2) is 20.6 Å². The Hall–Kier alpha value is -0.930. The SMILES string of the molecule is CCCCCCCSC(CCc1ccc(Cl)cc1)Cn1ccnc1. The molecule has 2 rings (SSSR count).